The molecule has 5 nitrogen and oxygen atoms in total. The van der Waals surface area contributed by atoms with Crippen LogP contribution in [0, 0.1) is 6.92 Å². The first-order valence-electron chi connectivity index (χ1n) is 7.02. The minimum absolute atomic E-state index is 0.0489. The Morgan fingerprint density at radius 2 is 1.90 bits per heavy atom. The fourth-order valence-electron chi connectivity index (χ4n) is 1.63. The molecule has 0 bridgehead atoms. The molecule has 3 N–H and O–H groups in total. The molecule has 110 valence electrons. The summed E-state index contributed by atoms with van der Waals surface area (Å²) in [7, 11) is 0. The Bertz CT molecular complexity index is 472. The van der Waals surface area contributed by atoms with E-state index in [0.29, 0.717) is 24.3 Å². The quantitative estimate of drug-likeness (QED) is 0.698. The fourth-order valence-corrected chi connectivity index (χ4v) is 1.63. The maximum Gasteiger partial charge on any atom is 0.319 e. The summed E-state index contributed by atoms with van der Waals surface area (Å²) in [5.74, 6) is -0.0489. The van der Waals surface area contributed by atoms with Crippen LogP contribution < -0.4 is 16.0 Å². The highest BCUT2D eigenvalue weighted by atomic mass is 16.2. The van der Waals surface area contributed by atoms with Gasteiger partial charge in [-0.25, -0.2) is 4.79 Å². The van der Waals surface area contributed by atoms with E-state index >= 15 is 0 Å². The number of amides is 3. The van der Waals surface area contributed by atoms with E-state index in [9.17, 15) is 9.59 Å². The van der Waals surface area contributed by atoms with Gasteiger partial charge >= 0.3 is 6.03 Å². The van der Waals surface area contributed by atoms with Crippen LogP contribution in [0.4, 0.5) is 16.2 Å². The van der Waals surface area contributed by atoms with Gasteiger partial charge in [-0.2, -0.15) is 0 Å². The zero-order valence-electron chi connectivity index (χ0n) is 12.4. The number of hydrogen-bond acceptors (Lipinski definition) is 2. The Balaban J connectivity index is 2.66. The number of nitrogens with one attached hydrogen (secondary N) is 3. The van der Waals surface area contributed by atoms with E-state index < -0.39 is 0 Å². The summed E-state index contributed by atoms with van der Waals surface area (Å²) in [6.45, 7) is 6.44. The zero-order chi connectivity index (χ0) is 15.0. The molecule has 0 radical (unpaired) electrons. The number of aryl methyl sites for hydroxylation is 1. The predicted octanol–water partition coefficient (Wildman–Crippen LogP) is 3.27. The van der Waals surface area contributed by atoms with Crippen LogP contribution in [0.15, 0.2) is 18.2 Å². The SMILES string of the molecule is CCCCNC(=O)Nc1cc(NC(=O)CC)ccc1C. The maximum atomic E-state index is 11.7. The third-order valence-corrected chi connectivity index (χ3v) is 2.91. The minimum atomic E-state index is -0.222. The average molecular weight is 277 g/mol. The standard InChI is InChI=1S/C15H23N3O2/c1-4-6-9-16-15(20)18-13-10-12(8-7-11(13)3)17-14(19)5-2/h7-8,10H,4-6,9H2,1-3H3,(H,17,19)(H2,16,18,20). The highest BCUT2D eigenvalue weighted by molar-refractivity contribution is 5.94. The van der Waals surface area contributed by atoms with Crippen molar-refractivity contribution in [1.82, 2.24) is 5.32 Å². The molecule has 0 unspecified atom stereocenters. The van der Waals surface area contributed by atoms with Crippen molar-refractivity contribution in [3.8, 4) is 0 Å². The Kier molecular flexibility index (Phi) is 6.56. The van der Waals surface area contributed by atoms with Crippen molar-refractivity contribution in [3.63, 3.8) is 0 Å². The highest BCUT2D eigenvalue weighted by Crippen LogP contribution is 2.20. The monoisotopic (exact) mass is 277 g/mol. The molecule has 1 rings (SSSR count). The molecule has 0 fully saturated rings. The van der Waals surface area contributed by atoms with Crippen LogP contribution in [0.3, 0.4) is 0 Å². The summed E-state index contributed by atoms with van der Waals surface area (Å²) in [6.07, 6.45) is 2.42. The van der Waals surface area contributed by atoms with E-state index in [-0.39, 0.29) is 11.9 Å². The molecule has 0 atom stereocenters. The van der Waals surface area contributed by atoms with Crippen molar-refractivity contribution in [2.45, 2.75) is 40.0 Å². The van der Waals surface area contributed by atoms with Gasteiger partial charge in [-0.1, -0.05) is 26.3 Å². The molecule has 0 heterocycles. The van der Waals surface area contributed by atoms with Crippen LogP contribution in [0.5, 0.6) is 0 Å². The van der Waals surface area contributed by atoms with Gasteiger partial charge in [-0.05, 0) is 31.0 Å². The second-order valence-corrected chi connectivity index (χ2v) is 4.67. The molecule has 0 aliphatic heterocycles. The van der Waals surface area contributed by atoms with Crippen LogP contribution in [-0.2, 0) is 4.79 Å². The lowest BCUT2D eigenvalue weighted by atomic mass is 10.2. The predicted molar refractivity (Wildman–Crippen MR) is 82.0 cm³/mol. The highest BCUT2D eigenvalue weighted by Gasteiger charge is 2.06. The molecule has 20 heavy (non-hydrogen) atoms. The van der Waals surface area contributed by atoms with E-state index in [2.05, 4.69) is 22.9 Å². The Hall–Kier alpha value is -2.04. The van der Waals surface area contributed by atoms with Gasteiger partial charge in [0.25, 0.3) is 0 Å². The van der Waals surface area contributed by atoms with Gasteiger partial charge in [0.2, 0.25) is 5.91 Å². The van der Waals surface area contributed by atoms with E-state index in [1.165, 1.54) is 0 Å². The van der Waals surface area contributed by atoms with Gasteiger partial charge in [0, 0.05) is 24.3 Å². The first kappa shape index (κ1) is 16.0. The van der Waals surface area contributed by atoms with Crippen LogP contribution >= 0.6 is 0 Å². The van der Waals surface area contributed by atoms with Gasteiger partial charge in [0.15, 0.2) is 0 Å². The molecule has 1 aromatic rings. The number of unbranched alkanes of at least 4 members (excludes halogenated alkanes) is 1. The lowest BCUT2D eigenvalue weighted by Crippen LogP contribution is -2.29. The Morgan fingerprint density at radius 1 is 1.15 bits per heavy atom. The lowest BCUT2D eigenvalue weighted by molar-refractivity contribution is -0.115. The number of carbonyl (C=O) groups is 2. The number of anilines is 2. The molecule has 3 amide bonds. The summed E-state index contributed by atoms with van der Waals surface area (Å²) in [6, 6.07) is 5.23. The molecule has 0 spiro atoms. The largest absolute Gasteiger partial charge is 0.338 e. The number of benzene rings is 1. The van der Waals surface area contributed by atoms with Crippen molar-refractivity contribution in [2.75, 3.05) is 17.2 Å². The smallest absolute Gasteiger partial charge is 0.319 e. The molecule has 1 aromatic carbocycles. The summed E-state index contributed by atoms with van der Waals surface area (Å²) >= 11 is 0. The van der Waals surface area contributed by atoms with Crippen LogP contribution in [0.25, 0.3) is 0 Å². The third kappa shape index (κ3) is 5.30. The van der Waals surface area contributed by atoms with Gasteiger partial charge in [0.1, 0.15) is 0 Å². The Labute approximate surface area is 120 Å². The van der Waals surface area contributed by atoms with Gasteiger partial charge in [0.05, 0.1) is 0 Å². The summed E-state index contributed by atoms with van der Waals surface area (Å²) in [4.78, 5) is 23.1. The number of urea groups is 1. The van der Waals surface area contributed by atoms with E-state index in [0.717, 1.165) is 18.4 Å². The number of hydrogen-bond donors (Lipinski definition) is 3. The molecule has 0 saturated heterocycles. The molecule has 5 heteroatoms. The van der Waals surface area contributed by atoms with Crippen molar-refractivity contribution in [3.05, 3.63) is 23.8 Å². The number of rotatable bonds is 6. The van der Waals surface area contributed by atoms with Gasteiger partial charge in [-0.3, -0.25) is 4.79 Å². The van der Waals surface area contributed by atoms with Crippen molar-refractivity contribution in [2.24, 2.45) is 0 Å². The molecule has 0 saturated carbocycles. The normalized spacial score (nSPS) is 9.95. The average Bonchev–Trinajstić information content (AvgIpc) is 2.42. The number of carbonyl (C=O) groups excluding carboxylic acids is 2. The van der Waals surface area contributed by atoms with E-state index in [4.69, 9.17) is 0 Å². The first-order valence-corrected chi connectivity index (χ1v) is 7.02. The van der Waals surface area contributed by atoms with Crippen LogP contribution in [0.2, 0.25) is 0 Å². The summed E-state index contributed by atoms with van der Waals surface area (Å²) in [5, 5.41) is 8.37. The minimum Gasteiger partial charge on any atom is -0.338 e. The van der Waals surface area contributed by atoms with Crippen molar-refractivity contribution in [1.29, 1.82) is 0 Å². The topological polar surface area (TPSA) is 70.2 Å². The van der Waals surface area contributed by atoms with Gasteiger partial charge in [-0.15, -0.1) is 0 Å². The summed E-state index contributed by atoms with van der Waals surface area (Å²) < 4.78 is 0. The zero-order valence-corrected chi connectivity index (χ0v) is 12.4. The second kappa shape index (κ2) is 8.19. The van der Waals surface area contributed by atoms with Gasteiger partial charge < -0.3 is 16.0 Å². The second-order valence-electron chi connectivity index (χ2n) is 4.67. The van der Waals surface area contributed by atoms with E-state index in [1.807, 2.05) is 19.1 Å². The summed E-state index contributed by atoms with van der Waals surface area (Å²) in [5.41, 5.74) is 2.34. The lowest BCUT2D eigenvalue weighted by Gasteiger charge is -2.12. The first-order chi connectivity index (χ1) is 9.56. The molecule has 0 aliphatic rings. The molecule has 0 aromatic heterocycles. The molecule has 0 aliphatic carbocycles. The van der Waals surface area contributed by atoms with Crippen LogP contribution in [0.1, 0.15) is 38.7 Å². The molecular weight excluding hydrogens is 254 g/mol. The maximum absolute atomic E-state index is 11.7. The van der Waals surface area contributed by atoms with E-state index in [1.54, 1.807) is 13.0 Å². The third-order valence-electron chi connectivity index (χ3n) is 2.91. The fraction of sp³-hybridized carbons (Fsp3) is 0.467. The van der Waals surface area contributed by atoms with Crippen molar-refractivity contribution < 1.29 is 9.59 Å². The molecular formula is C15H23N3O2. The van der Waals surface area contributed by atoms with Crippen LogP contribution in [-0.4, -0.2) is 18.5 Å². The van der Waals surface area contributed by atoms with Crippen molar-refractivity contribution >= 4 is 23.3 Å². The Morgan fingerprint density at radius 3 is 2.55 bits per heavy atom.